The number of anilines is 1. The lowest BCUT2D eigenvalue weighted by Crippen LogP contribution is -2.26. The number of ether oxygens (including phenoxy) is 1. The van der Waals surface area contributed by atoms with Crippen molar-refractivity contribution in [3.8, 4) is 5.82 Å². The van der Waals surface area contributed by atoms with E-state index in [0.29, 0.717) is 18.8 Å². The summed E-state index contributed by atoms with van der Waals surface area (Å²) in [5, 5.41) is 8.36. The number of hydrogen-bond donors (Lipinski definition) is 1. The van der Waals surface area contributed by atoms with Gasteiger partial charge in [-0.1, -0.05) is 25.0 Å². The molecule has 0 aliphatic heterocycles. The van der Waals surface area contributed by atoms with Gasteiger partial charge >= 0.3 is 5.97 Å². The third-order valence-electron chi connectivity index (χ3n) is 5.80. The van der Waals surface area contributed by atoms with E-state index in [-0.39, 0.29) is 23.9 Å². The molecule has 0 fully saturated rings. The summed E-state index contributed by atoms with van der Waals surface area (Å²) < 4.78 is 6.71. The first kappa shape index (κ1) is 25.4. The molecular formula is C26H35N5O3. The number of carbonyl (C=O) groups excluding carboxylic acids is 2. The van der Waals surface area contributed by atoms with Crippen molar-refractivity contribution in [2.24, 2.45) is 0 Å². The zero-order chi connectivity index (χ0) is 24.8. The van der Waals surface area contributed by atoms with Gasteiger partial charge in [0.2, 0.25) is 5.91 Å². The predicted octanol–water partition coefficient (Wildman–Crippen LogP) is 4.58. The van der Waals surface area contributed by atoms with Crippen molar-refractivity contribution in [2.75, 3.05) is 32.1 Å². The summed E-state index contributed by atoms with van der Waals surface area (Å²) in [6.45, 7) is 11.8. The van der Waals surface area contributed by atoms with Gasteiger partial charge in [0.05, 0.1) is 18.3 Å². The van der Waals surface area contributed by atoms with Crippen molar-refractivity contribution < 1.29 is 14.3 Å². The van der Waals surface area contributed by atoms with Crippen LogP contribution in [0, 0.1) is 20.8 Å². The number of rotatable bonds is 10. The summed E-state index contributed by atoms with van der Waals surface area (Å²) in [7, 11) is 2.00. The minimum atomic E-state index is -0.534. The fourth-order valence-corrected chi connectivity index (χ4v) is 3.96. The second-order valence-electron chi connectivity index (χ2n) is 8.77. The number of nitrogens with one attached hydrogen (secondary N) is 1. The van der Waals surface area contributed by atoms with Crippen LogP contribution in [0.3, 0.4) is 0 Å². The molecule has 1 N–H and O–H groups in total. The number of aryl methyl sites for hydroxylation is 3. The number of nitrogens with zero attached hydrogens (tertiary/aromatic N) is 4. The molecule has 0 aliphatic rings. The molecule has 0 bridgehead atoms. The molecule has 8 nitrogen and oxygen atoms in total. The van der Waals surface area contributed by atoms with Crippen LogP contribution in [-0.4, -0.2) is 58.3 Å². The Morgan fingerprint density at radius 3 is 2.56 bits per heavy atom. The Morgan fingerprint density at radius 2 is 1.85 bits per heavy atom. The van der Waals surface area contributed by atoms with E-state index in [4.69, 9.17) is 9.72 Å². The summed E-state index contributed by atoms with van der Waals surface area (Å²) in [4.78, 5) is 32.4. The molecule has 1 aromatic carbocycles. The summed E-state index contributed by atoms with van der Waals surface area (Å²) in [5.41, 5.74) is 4.33. The maximum atomic E-state index is 12.8. The van der Waals surface area contributed by atoms with Crippen molar-refractivity contribution in [1.29, 1.82) is 0 Å². The lowest BCUT2D eigenvalue weighted by Gasteiger charge is -2.16. The fourth-order valence-electron chi connectivity index (χ4n) is 3.96. The van der Waals surface area contributed by atoms with Crippen LogP contribution >= 0.6 is 0 Å². The topological polar surface area (TPSA) is 89.4 Å². The maximum absolute atomic E-state index is 12.8. The quantitative estimate of drug-likeness (QED) is 0.441. The molecule has 3 rings (SSSR count). The van der Waals surface area contributed by atoms with Gasteiger partial charge in [-0.3, -0.25) is 4.79 Å². The monoisotopic (exact) mass is 465 g/mol. The van der Waals surface area contributed by atoms with Gasteiger partial charge in [0.1, 0.15) is 5.56 Å². The fraction of sp³-hybridized carbons (Fsp3) is 0.462. The molecule has 2 aromatic heterocycles. The highest BCUT2D eigenvalue weighted by molar-refractivity contribution is 6.00. The highest BCUT2D eigenvalue weighted by Gasteiger charge is 2.23. The molecule has 182 valence electrons. The first-order valence-corrected chi connectivity index (χ1v) is 11.9. The minimum Gasteiger partial charge on any atom is -0.462 e. The van der Waals surface area contributed by atoms with Crippen LogP contribution in [0.1, 0.15) is 60.2 Å². The van der Waals surface area contributed by atoms with Crippen LogP contribution in [0.2, 0.25) is 0 Å². The molecule has 8 heteroatoms. The van der Waals surface area contributed by atoms with Gasteiger partial charge in [0, 0.05) is 18.4 Å². The van der Waals surface area contributed by atoms with Crippen molar-refractivity contribution in [1.82, 2.24) is 19.7 Å². The van der Waals surface area contributed by atoms with Gasteiger partial charge in [-0.05, 0) is 71.0 Å². The molecule has 0 radical (unpaired) electrons. The van der Waals surface area contributed by atoms with E-state index in [2.05, 4.69) is 41.3 Å². The second-order valence-corrected chi connectivity index (χ2v) is 8.77. The number of benzene rings is 1. The van der Waals surface area contributed by atoms with Crippen molar-refractivity contribution in [3.05, 3.63) is 46.6 Å². The number of carbonyl (C=O) groups is 2. The van der Waals surface area contributed by atoms with Crippen LogP contribution < -0.4 is 5.32 Å². The zero-order valence-electron chi connectivity index (χ0n) is 21.1. The molecular weight excluding hydrogens is 430 g/mol. The Hall–Kier alpha value is -3.26. The smallest absolute Gasteiger partial charge is 0.343 e. The molecule has 0 atom stereocenters. The second kappa shape index (κ2) is 11.2. The number of hydrogen-bond acceptors (Lipinski definition) is 6. The lowest BCUT2D eigenvalue weighted by atomic mass is 10.0. The Bertz CT molecular complexity index is 1180. The molecule has 0 spiro atoms. The van der Waals surface area contributed by atoms with E-state index in [1.165, 1.54) is 16.4 Å². The Balaban J connectivity index is 1.97. The van der Waals surface area contributed by atoms with Crippen LogP contribution in [0.5, 0.6) is 0 Å². The lowest BCUT2D eigenvalue weighted by molar-refractivity contribution is -0.116. The SMILES string of the molecule is CCCCN(C)CCC(=O)Nc1c(C(=O)OCC)cnn1-c1cc(C)c2cc(C)cc(C)c2n1. The summed E-state index contributed by atoms with van der Waals surface area (Å²) >= 11 is 0. The Labute approximate surface area is 201 Å². The number of unbranched alkanes of at least 4 members (excludes halogenated alkanes) is 1. The van der Waals surface area contributed by atoms with Gasteiger partial charge in [0.15, 0.2) is 11.6 Å². The van der Waals surface area contributed by atoms with Crippen LogP contribution in [-0.2, 0) is 9.53 Å². The average molecular weight is 466 g/mol. The van der Waals surface area contributed by atoms with Crippen molar-refractivity contribution in [3.63, 3.8) is 0 Å². The summed E-state index contributed by atoms with van der Waals surface area (Å²) in [5.74, 6) is 0.0759. The average Bonchev–Trinajstić information content (AvgIpc) is 3.20. The molecule has 3 aromatic rings. The number of aromatic nitrogens is 3. The van der Waals surface area contributed by atoms with Crippen molar-refractivity contribution >= 4 is 28.6 Å². The Kier molecular flexibility index (Phi) is 8.39. The van der Waals surface area contributed by atoms with E-state index in [9.17, 15) is 9.59 Å². The predicted molar refractivity (Wildman–Crippen MR) is 135 cm³/mol. The Morgan fingerprint density at radius 1 is 1.09 bits per heavy atom. The van der Waals surface area contributed by atoms with Gasteiger partial charge in [-0.25, -0.2) is 9.78 Å². The molecule has 0 saturated heterocycles. The van der Waals surface area contributed by atoms with E-state index >= 15 is 0 Å². The third kappa shape index (κ3) is 5.80. The highest BCUT2D eigenvalue weighted by Crippen LogP contribution is 2.27. The minimum absolute atomic E-state index is 0.194. The normalized spacial score (nSPS) is 11.3. The van der Waals surface area contributed by atoms with Crippen LogP contribution in [0.25, 0.3) is 16.7 Å². The highest BCUT2D eigenvalue weighted by atomic mass is 16.5. The van der Waals surface area contributed by atoms with E-state index < -0.39 is 5.97 Å². The van der Waals surface area contributed by atoms with Crippen LogP contribution in [0.4, 0.5) is 5.82 Å². The zero-order valence-corrected chi connectivity index (χ0v) is 21.1. The largest absolute Gasteiger partial charge is 0.462 e. The first-order valence-electron chi connectivity index (χ1n) is 11.9. The number of esters is 1. The molecule has 0 aliphatic carbocycles. The van der Waals surface area contributed by atoms with Gasteiger partial charge < -0.3 is 15.0 Å². The maximum Gasteiger partial charge on any atom is 0.343 e. The van der Waals surface area contributed by atoms with E-state index in [1.807, 2.05) is 27.0 Å². The molecule has 1 amide bonds. The van der Waals surface area contributed by atoms with E-state index in [1.54, 1.807) is 6.92 Å². The van der Waals surface area contributed by atoms with Gasteiger partial charge in [0.25, 0.3) is 0 Å². The third-order valence-corrected chi connectivity index (χ3v) is 5.80. The van der Waals surface area contributed by atoms with Gasteiger partial charge in [-0.2, -0.15) is 9.78 Å². The number of fused-ring (bicyclic) bond motifs is 1. The molecule has 0 saturated carbocycles. The summed E-state index contributed by atoms with van der Waals surface area (Å²) in [6.07, 6.45) is 3.92. The van der Waals surface area contributed by atoms with Crippen LogP contribution in [0.15, 0.2) is 24.4 Å². The molecule has 34 heavy (non-hydrogen) atoms. The van der Waals surface area contributed by atoms with Gasteiger partial charge in [-0.15, -0.1) is 0 Å². The number of amides is 1. The standard InChI is InChI=1S/C26H35N5O3/c1-7-9-11-30(6)12-10-23(32)29-25-21(26(33)34-8-2)16-27-31(25)22-15-18(4)20-14-17(3)13-19(5)24(20)28-22/h13-16H,7-12H2,1-6H3,(H,29,32). The summed E-state index contributed by atoms with van der Waals surface area (Å²) in [6, 6.07) is 6.11. The first-order chi connectivity index (χ1) is 16.2. The molecule has 0 unspecified atom stereocenters. The molecule has 2 heterocycles. The number of pyridine rings is 1. The van der Waals surface area contributed by atoms with E-state index in [0.717, 1.165) is 41.4 Å². The van der Waals surface area contributed by atoms with Crippen molar-refractivity contribution in [2.45, 2.75) is 53.9 Å².